The molecule has 0 saturated carbocycles. The van der Waals surface area contributed by atoms with Gasteiger partial charge in [0, 0.05) is 6.92 Å². The van der Waals surface area contributed by atoms with E-state index in [-0.39, 0.29) is 19.0 Å². The molecule has 2 heterocycles. The molecule has 1 atom stereocenters. The van der Waals surface area contributed by atoms with Gasteiger partial charge < -0.3 is 14.8 Å². The molecule has 0 bridgehead atoms. The number of nitrogens with zero attached hydrogens (tertiary/aromatic N) is 3. The van der Waals surface area contributed by atoms with E-state index in [0.717, 1.165) is 0 Å². The Hall–Kier alpha value is -2.68. The standard InChI is InChI=1S/C16H19FN4O4/c1-11(22)18-9-13-10-20(16(23)25-13)12-2-3-15(14(17)8-12)21-5-7-24-6-4-19-21/h2-4,8,13H,5-7,9-10H2,1H3,(H,18,22)/t13-/m0/s1. The van der Waals surface area contributed by atoms with Crippen molar-refractivity contribution in [3.8, 4) is 0 Å². The van der Waals surface area contributed by atoms with Gasteiger partial charge in [0.25, 0.3) is 0 Å². The van der Waals surface area contributed by atoms with Crippen molar-refractivity contribution in [1.29, 1.82) is 0 Å². The number of halogens is 1. The summed E-state index contributed by atoms with van der Waals surface area (Å²) in [5.41, 5.74) is 0.708. The highest BCUT2D eigenvalue weighted by molar-refractivity contribution is 5.90. The number of hydrogen-bond acceptors (Lipinski definition) is 6. The number of carbonyl (C=O) groups excluding carboxylic acids is 2. The number of amides is 2. The molecule has 2 amide bonds. The van der Waals surface area contributed by atoms with Crippen LogP contribution in [-0.2, 0) is 14.3 Å². The van der Waals surface area contributed by atoms with E-state index in [1.807, 2.05) is 0 Å². The van der Waals surface area contributed by atoms with Gasteiger partial charge in [0.05, 0.1) is 50.4 Å². The molecule has 9 heteroatoms. The molecule has 25 heavy (non-hydrogen) atoms. The third kappa shape index (κ3) is 4.05. The molecule has 0 unspecified atom stereocenters. The molecule has 134 valence electrons. The van der Waals surface area contributed by atoms with Crippen LogP contribution in [0.3, 0.4) is 0 Å². The number of anilines is 2. The van der Waals surface area contributed by atoms with Crippen LogP contribution in [0.4, 0.5) is 20.6 Å². The minimum Gasteiger partial charge on any atom is -0.442 e. The monoisotopic (exact) mass is 350 g/mol. The fourth-order valence-corrected chi connectivity index (χ4v) is 2.63. The quantitative estimate of drug-likeness (QED) is 0.879. The lowest BCUT2D eigenvalue weighted by atomic mass is 10.2. The highest BCUT2D eigenvalue weighted by atomic mass is 19.1. The van der Waals surface area contributed by atoms with Crippen molar-refractivity contribution in [2.75, 3.05) is 42.8 Å². The third-order valence-electron chi connectivity index (χ3n) is 3.83. The number of cyclic esters (lactones) is 1. The Bertz CT molecular complexity index is 697. The first-order valence-corrected chi connectivity index (χ1v) is 7.94. The number of benzene rings is 1. The van der Waals surface area contributed by atoms with Gasteiger partial charge in [0.15, 0.2) is 0 Å². The molecule has 1 saturated heterocycles. The van der Waals surface area contributed by atoms with Crippen LogP contribution in [0.2, 0.25) is 0 Å². The van der Waals surface area contributed by atoms with Gasteiger partial charge >= 0.3 is 6.09 Å². The summed E-state index contributed by atoms with van der Waals surface area (Å²) in [6, 6.07) is 4.49. The van der Waals surface area contributed by atoms with E-state index in [9.17, 15) is 14.0 Å². The van der Waals surface area contributed by atoms with E-state index in [2.05, 4.69) is 10.4 Å². The number of nitrogens with one attached hydrogen (secondary N) is 1. The van der Waals surface area contributed by atoms with Crippen molar-refractivity contribution in [1.82, 2.24) is 5.32 Å². The highest BCUT2D eigenvalue weighted by Crippen LogP contribution is 2.28. The Balaban J connectivity index is 1.72. The SMILES string of the molecule is CC(=O)NC[C@H]1CN(c2ccc(N3CCOCC=N3)c(F)c2)C(=O)O1. The van der Waals surface area contributed by atoms with Crippen molar-refractivity contribution < 1.29 is 23.5 Å². The van der Waals surface area contributed by atoms with Gasteiger partial charge in [-0.1, -0.05) is 0 Å². The summed E-state index contributed by atoms with van der Waals surface area (Å²) in [5.74, 6) is -0.693. The predicted octanol–water partition coefficient (Wildman–Crippen LogP) is 1.11. The van der Waals surface area contributed by atoms with Crippen molar-refractivity contribution in [3.63, 3.8) is 0 Å². The zero-order valence-electron chi connectivity index (χ0n) is 13.8. The van der Waals surface area contributed by atoms with Crippen molar-refractivity contribution >= 4 is 29.6 Å². The second-order valence-corrected chi connectivity index (χ2v) is 5.69. The lowest BCUT2D eigenvalue weighted by Gasteiger charge is -2.20. The molecular weight excluding hydrogens is 331 g/mol. The van der Waals surface area contributed by atoms with E-state index in [0.29, 0.717) is 31.1 Å². The number of rotatable bonds is 4. The maximum Gasteiger partial charge on any atom is 0.414 e. The first-order chi connectivity index (χ1) is 12.0. The smallest absolute Gasteiger partial charge is 0.414 e. The van der Waals surface area contributed by atoms with Gasteiger partial charge in [-0.3, -0.25) is 14.7 Å². The first kappa shape index (κ1) is 17.2. The third-order valence-corrected chi connectivity index (χ3v) is 3.83. The normalized spacial score (nSPS) is 20.4. The average Bonchev–Trinajstić information content (AvgIpc) is 2.78. The minimum absolute atomic E-state index is 0.202. The van der Waals surface area contributed by atoms with Gasteiger partial charge in [-0.2, -0.15) is 5.10 Å². The summed E-state index contributed by atoms with van der Waals surface area (Å²) in [6.07, 6.45) is 0.542. The molecule has 1 aromatic carbocycles. The molecule has 2 aliphatic rings. The van der Waals surface area contributed by atoms with E-state index in [1.165, 1.54) is 22.9 Å². The molecule has 0 radical (unpaired) electrons. The average molecular weight is 350 g/mol. The maximum atomic E-state index is 14.5. The van der Waals surface area contributed by atoms with Crippen LogP contribution in [0.15, 0.2) is 23.3 Å². The number of hydrogen-bond donors (Lipinski definition) is 1. The molecule has 1 N–H and O–H groups in total. The first-order valence-electron chi connectivity index (χ1n) is 7.94. The van der Waals surface area contributed by atoms with Crippen LogP contribution in [0, 0.1) is 5.82 Å². The number of carbonyl (C=O) groups is 2. The summed E-state index contributed by atoms with van der Waals surface area (Å²) in [6.45, 7) is 3.14. The summed E-state index contributed by atoms with van der Waals surface area (Å²) < 4.78 is 24.9. The second-order valence-electron chi connectivity index (χ2n) is 5.69. The highest BCUT2D eigenvalue weighted by Gasteiger charge is 2.32. The zero-order valence-corrected chi connectivity index (χ0v) is 13.8. The number of hydrazone groups is 1. The van der Waals surface area contributed by atoms with Crippen LogP contribution >= 0.6 is 0 Å². The van der Waals surface area contributed by atoms with E-state index >= 15 is 0 Å². The fraction of sp³-hybridized carbons (Fsp3) is 0.438. The lowest BCUT2D eigenvalue weighted by Crippen LogP contribution is -2.33. The molecule has 8 nitrogen and oxygen atoms in total. The lowest BCUT2D eigenvalue weighted by molar-refractivity contribution is -0.119. The largest absolute Gasteiger partial charge is 0.442 e. The van der Waals surface area contributed by atoms with Crippen molar-refractivity contribution in [3.05, 3.63) is 24.0 Å². The Morgan fingerprint density at radius 3 is 3.08 bits per heavy atom. The molecule has 2 aliphatic heterocycles. The van der Waals surface area contributed by atoms with E-state index < -0.39 is 18.0 Å². The van der Waals surface area contributed by atoms with Crippen LogP contribution in [0.1, 0.15) is 6.92 Å². The van der Waals surface area contributed by atoms with Gasteiger partial charge in [0.1, 0.15) is 11.9 Å². The van der Waals surface area contributed by atoms with Crippen LogP contribution in [0.5, 0.6) is 0 Å². The van der Waals surface area contributed by atoms with E-state index in [4.69, 9.17) is 9.47 Å². The summed E-state index contributed by atoms with van der Waals surface area (Å²) >= 11 is 0. The van der Waals surface area contributed by atoms with Crippen LogP contribution < -0.4 is 15.2 Å². The topological polar surface area (TPSA) is 83.5 Å². The Labute approximate surface area is 144 Å². The van der Waals surface area contributed by atoms with Crippen molar-refractivity contribution in [2.24, 2.45) is 5.10 Å². The van der Waals surface area contributed by atoms with Gasteiger partial charge in [-0.25, -0.2) is 9.18 Å². The Morgan fingerprint density at radius 1 is 1.48 bits per heavy atom. The minimum atomic E-state index is -0.566. The fourth-order valence-electron chi connectivity index (χ4n) is 2.63. The van der Waals surface area contributed by atoms with E-state index in [1.54, 1.807) is 18.3 Å². The maximum absolute atomic E-state index is 14.5. The number of ether oxygens (including phenoxy) is 2. The van der Waals surface area contributed by atoms with Crippen LogP contribution in [-0.4, -0.2) is 57.2 Å². The predicted molar refractivity (Wildman–Crippen MR) is 89.4 cm³/mol. The molecule has 3 rings (SSSR count). The summed E-state index contributed by atoms with van der Waals surface area (Å²) in [7, 11) is 0. The molecule has 0 aromatic heterocycles. The van der Waals surface area contributed by atoms with Crippen LogP contribution in [0.25, 0.3) is 0 Å². The second kappa shape index (κ2) is 7.47. The van der Waals surface area contributed by atoms with Gasteiger partial charge in [0.2, 0.25) is 5.91 Å². The summed E-state index contributed by atoms with van der Waals surface area (Å²) in [4.78, 5) is 24.3. The molecular formula is C16H19FN4O4. The van der Waals surface area contributed by atoms with Crippen molar-refractivity contribution in [2.45, 2.75) is 13.0 Å². The molecule has 1 aromatic rings. The molecule has 0 spiro atoms. The Kier molecular flexibility index (Phi) is 5.13. The summed E-state index contributed by atoms with van der Waals surface area (Å²) in [5, 5.41) is 8.27. The Morgan fingerprint density at radius 2 is 2.32 bits per heavy atom. The van der Waals surface area contributed by atoms with Gasteiger partial charge in [-0.15, -0.1) is 0 Å². The molecule has 0 aliphatic carbocycles. The zero-order chi connectivity index (χ0) is 17.8. The molecule has 1 fully saturated rings. The van der Waals surface area contributed by atoms with Gasteiger partial charge in [-0.05, 0) is 18.2 Å².